The molecule has 0 saturated heterocycles. The van der Waals surface area contributed by atoms with E-state index in [-0.39, 0.29) is 16.7 Å². The third-order valence-corrected chi connectivity index (χ3v) is 5.20. The molecule has 1 aromatic carbocycles. The molecule has 1 heterocycles. The van der Waals surface area contributed by atoms with Crippen LogP contribution in [0.1, 0.15) is 33.3 Å². The molecule has 6 nitrogen and oxygen atoms in total. The number of carbonyl (C=O) groups excluding carboxylic acids is 1. The molecule has 0 radical (unpaired) electrons. The Hall–Kier alpha value is -1.80. The SMILES string of the molecule is COc1ccccc1CNC(=O)C(C)Sc1nnc(NC(C)(C)C)s1. The van der Waals surface area contributed by atoms with E-state index in [1.165, 1.54) is 23.1 Å². The van der Waals surface area contributed by atoms with Gasteiger partial charge in [0.2, 0.25) is 11.0 Å². The van der Waals surface area contributed by atoms with Crippen molar-refractivity contribution < 1.29 is 9.53 Å². The minimum absolute atomic E-state index is 0.0450. The highest BCUT2D eigenvalue weighted by molar-refractivity contribution is 8.02. The molecule has 0 spiro atoms. The fraction of sp³-hybridized carbons (Fsp3) is 0.471. The Morgan fingerprint density at radius 1 is 1.32 bits per heavy atom. The second kappa shape index (κ2) is 8.53. The number of ether oxygens (including phenoxy) is 1. The average molecular weight is 381 g/mol. The Morgan fingerprint density at radius 3 is 2.72 bits per heavy atom. The van der Waals surface area contributed by atoms with E-state index in [0.717, 1.165) is 20.8 Å². The number of anilines is 1. The van der Waals surface area contributed by atoms with Gasteiger partial charge >= 0.3 is 0 Å². The number of carbonyl (C=O) groups is 1. The third kappa shape index (κ3) is 6.21. The fourth-order valence-electron chi connectivity index (χ4n) is 2.01. The summed E-state index contributed by atoms with van der Waals surface area (Å²) < 4.78 is 6.07. The lowest BCUT2D eigenvalue weighted by molar-refractivity contribution is -0.120. The number of nitrogens with zero attached hydrogens (tertiary/aromatic N) is 2. The van der Waals surface area contributed by atoms with Crippen LogP contribution in [0.4, 0.5) is 5.13 Å². The maximum Gasteiger partial charge on any atom is 0.233 e. The van der Waals surface area contributed by atoms with Gasteiger partial charge < -0.3 is 15.4 Å². The summed E-state index contributed by atoms with van der Waals surface area (Å²) in [6, 6.07) is 7.64. The molecule has 136 valence electrons. The molecule has 0 aliphatic rings. The van der Waals surface area contributed by atoms with Crippen molar-refractivity contribution >= 4 is 34.1 Å². The van der Waals surface area contributed by atoms with Crippen molar-refractivity contribution in [1.29, 1.82) is 0 Å². The first-order valence-corrected chi connectivity index (χ1v) is 9.66. The zero-order chi connectivity index (χ0) is 18.4. The predicted molar refractivity (Wildman–Crippen MR) is 103 cm³/mol. The normalized spacial score (nSPS) is 12.5. The topological polar surface area (TPSA) is 76.1 Å². The van der Waals surface area contributed by atoms with Gasteiger partial charge in [-0.1, -0.05) is 41.3 Å². The number of amides is 1. The van der Waals surface area contributed by atoms with Gasteiger partial charge in [0.15, 0.2) is 4.34 Å². The van der Waals surface area contributed by atoms with E-state index in [0.29, 0.717) is 6.54 Å². The lowest BCUT2D eigenvalue weighted by Gasteiger charge is -2.18. The number of rotatable bonds is 7. The monoisotopic (exact) mass is 380 g/mol. The average Bonchev–Trinajstić information content (AvgIpc) is 2.97. The molecule has 0 aliphatic carbocycles. The molecule has 2 rings (SSSR count). The van der Waals surface area contributed by atoms with E-state index in [4.69, 9.17) is 4.74 Å². The largest absolute Gasteiger partial charge is 0.496 e. The molecule has 1 unspecified atom stereocenters. The smallest absolute Gasteiger partial charge is 0.233 e. The molecule has 25 heavy (non-hydrogen) atoms. The van der Waals surface area contributed by atoms with Gasteiger partial charge in [-0.15, -0.1) is 10.2 Å². The van der Waals surface area contributed by atoms with Gasteiger partial charge in [-0.25, -0.2) is 0 Å². The minimum Gasteiger partial charge on any atom is -0.496 e. The molecule has 0 fully saturated rings. The Kier molecular flexibility index (Phi) is 6.66. The van der Waals surface area contributed by atoms with E-state index in [1.807, 2.05) is 31.2 Å². The predicted octanol–water partition coefficient (Wildman–Crippen LogP) is 3.55. The van der Waals surface area contributed by atoms with Gasteiger partial charge in [0.1, 0.15) is 5.75 Å². The highest BCUT2D eigenvalue weighted by atomic mass is 32.2. The molecule has 0 saturated carbocycles. The number of para-hydroxylation sites is 1. The first kappa shape index (κ1) is 19.5. The van der Waals surface area contributed by atoms with Crippen LogP contribution in [0.5, 0.6) is 5.75 Å². The Labute approximate surface area is 156 Å². The van der Waals surface area contributed by atoms with Crippen LogP contribution in [0.2, 0.25) is 0 Å². The number of methoxy groups -OCH3 is 1. The molecule has 2 N–H and O–H groups in total. The Morgan fingerprint density at radius 2 is 2.04 bits per heavy atom. The second-order valence-corrected chi connectivity index (χ2v) is 9.10. The molecule has 1 amide bonds. The molecule has 0 aliphatic heterocycles. The van der Waals surface area contributed by atoms with Crippen LogP contribution in [-0.4, -0.2) is 34.0 Å². The van der Waals surface area contributed by atoms with Crippen LogP contribution in [0, 0.1) is 0 Å². The Balaban J connectivity index is 1.88. The van der Waals surface area contributed by atoms with Gasteiger partial charge in [-0.2, -0.15) is 0 Å². The van der Waals surface area contributed by atoms with E-state index < -0.39 is 0 Å². The fourth-order valence-corrected chi connectivity index (χ4v) is 4.14. The van der Waals surface area contributed by atoms with Gasteiger partial charge in [0.25, 0.3) is 0 Å². The molecule has 2 aromatic rings. The van der Waals surface area contributed by atoms with Crippen LogP contribution in [0.25, 0.3) is 0 Å². The van der Waals surface area contributed by atoms with Crippen molar-refractivity contribution in [3.05, 3.63) is 29.8 Å². The number of hydrogen-bond donors (Lipinski definition) is 2. The summed E-state index contributed by atoms with van der Waals surface area (Å²) in [7, 11) is 1.62. The minimum atomic E-state index is -0.259. The second-order valence-electron chi connectivity index (χ2n) is 6.54. The van der Waals surface area contributed by atoms with Crippen molar-refractivity contribution in [3.8, 4) is 5.75 Å². The molecule has 1 atom stereocenters. The summed E-state index contributed by atoms with van der Waals surface area (Å²) in [6.07, 6.45) is 0. The van der Waals surface area contributed by atoms with Crippen LogP contribution in [0.3, 0.4) is 0 Å². The first-order valence-electron chi connectivity index (χ1n) is 7.96. The Bertz CT molecular complexity index is 713. The summed E-state index contributed by atoms with van der Waals surface area (Å²) in [5.41, 5.74) is 0.877. The number of aromatic nitrogens is 2. The maximum absolute atomic E-state index is 12.3. The van der Waals surface area contributed by atoms with Gasteiger partial charge in [0.05, 0.1) is 12.4 Å². The zero-order valence-electron chi connectivity index (χ0n) is 15.1. The number of thioether (sulfide) groups is 1. The van der Waals surface area contributed by atoms with E-state index in [9.17, 15) is 4.79 Å². The van der Waals surface area contributed by atoms with Gasteiger partial charge in [-0.3, -0.25) is 4.79 Å². The van der Waals surface area contributed by atoms with E-state index in [1.54, 1.807) is 7.11 Å². The summed E-state index contributed by atoms with van der Waals surface area (Å²) in [5, 5.41) is 15.0. The van der Waals surface area contributed by atoms with Crippen LogP contribution < -0.4 is 15.4 Å². The van der Waals surface area contributed by atoms with Crippen molar-refractivity contribution in [2.45, 2.75) is 49.4 Å². The van der Waals surface area contributed by atoms with Crippen LogP contribution >= 0.6 is 23.1 Å². The van der Waals surface area contributed by atoms with Crippen LogP contribution in [0.15, 0.2) is 28.6 Å². The number of benzene rings is 1. The van der Waals surface area contributed by atoms with Crippen molar-refractivity contribution in [3.63, 3.8) is 0 Å². The molecule has 0 bridgehead atoms. The quantitative estimate of drug-likeness (QED) is 0.716. The van der Waals surface area contributed by atoms with Crippen molar-refractivity contribution in [2.75, 3.05) is 12.4 Å². The van der Waals surface area contributed by atoms with Crippen LogP contribution in [-0.2, 0) is 11.3 Å². The van der Waals surface area contributed by atoms with Gasteiger partial charge in [-0.05, 0) is 33.8 Å². The third-order valence-electron chi connectivity index (χ3n) is 3.18. The van der Waals surface area contributed by atoms with E-state index in [2.05, 4.69) is 41.6 Å². The standard InChI is InChI=1S/C17H24N4O2S2/c1-11(24-16-21-20-15(25-16)19-17(2,3)4)14(22)18-10-12-8-6-7-9-13(12)23-5/h6-9,11H,10H2,1-5H3,(H,18,22)(H,19,20). The highest BCUT2D eigenvalue weighted by Crippen LogP contribution is 2.30. The first-order chi connectivity index (χ1) is 11.8. The maximum atomic E-state index is 12.3. The molecule has 1 aromatic heterocycles. The van der Waals surface area contributed by atoms with Crippen molar-refractivity contribution in [1.82, 2.24) is 15.5 Å². The summed E-state index contributed by atoms with van der Waals surface area (Å²) in [6.45, 7) is 8.49. The molecular formula is C17H24N4O2S2. The summed E-state index contributed by atoms with van der Waals surface area (Å²) in [5.74, 6) is 0.724. The zero-order valence-corrected chi connectivity index (χ0v) is 16.8. The summed E-state index contributed by atoms with van der Waals surface area (Å²) in [4.78, 5) is 12.3. The van der Waals surface area contributed by atoms with E-state index >= 15 is 0 Å². The summed E-state index contributed by atoms with van der Waals surface area (Å²) >= 11 is 2.86. The van der Waals surface area contributed by atoms with Crippen molar-refractivity contribution in [2.24, 2.45) is 0 Å². The van der Waals surface area contributed by atoms with Gasteiger partial charge in [0, 0.05) is 17.6 Å². The number of nitrogens with one attached hydrogen (secondary N) is 2. The molecule has 8 heteroatoms. The molecular weight excluding hydrogens is 356 g/mol. The lowest BCUT2D eigenvalue weighted by atomic mass is 10.1. The number of hydrogen-bond acceptors (Lipinski definition) is 7. The lowest BCUT2D eigenvalue weighted by Crippen LogP contribution is -2.30. The highest BCUT2D eigenvalue weighted by Gasteiger charge is 2.19.